The van der Waals surface area contributed by atoms with Gasteiger partial charge in [-0.25, -0.2) is 4.39 Å². The quantitative estimate of drug-likeness (QED) is 0.791. The Balaban J connectivity index is 2.82. The third-order valence-electron chi connectivity index (χ3n) is 2.46. The number of rotatable bonds is 5. The number of hydrogen-bond donors (Lipinski definition) is 2. The number of carbonyl (C=O) groups excluding carboxylic acids is 1. The maximum Gasteiger partial charge on any atom is 0.261 e. The number of terminal acetylenes is 1. The molecule has 0 aliphatic rings. The number of carbonyl (C=O) groups is 1. The summed E-state index contributed by atoms with van der Waals surface area (Å²) in [6.07, 6.45) is 3.34. The lowest BCUT2D eigenvalue weighted by Crippen LogP contribution is -2.36. The summed E-state index contributed by atoms with van der Waals surface area (Å²) in [7, 11) is 0. The van der Waals surface area contributed by atoms with Crippen molar-refractivity contribution in [3.8, 4) is 18.1 Å². The molecule has 0 bridgehead atoms. The van der Waals surface area contributed by atoms with Crippen molar-refractivity contribution in [3.05, 3.63) is 29.6 Å². The third kappa shape index (κ3) is 4.27. The molecule has 0 aromatic heterocycles. The molecule has 4 nitrogen and oxygen atoms in total. The molecule has 0 heterocycles. The zero-order valence-electron chi connectivity index (χ0n) is 10.8. The molecule has 1 rings (SSSR count). The van der Waals surface area contributed by atoms with Gasteiger partial charge in [-0.1, -0.05) is 5.92 Å². The highest BCUT2D eigenvalue weighted by Gasteiger charge is 2.17. The Morgan fingerprint density at radius 1 is 1.58 bits per heavy atom. The van der Waals surface area contributed by atoms with Crippen molar-refractivity contribution >= 4 is 5.91 Å². The van der Waals surface area contributed by atoms with Crippen LogP contribution in [0.4, 0.5) is 4.39 Å². The monoisotopic (exact) mass is 265 g/mol. The molecule has 0 saturated heterocycles. The van der Waals surface area contributed by atoms with Gasteiger partial charge in [-0.15, -0.1) is 6.42 Å². The van der Waals surface area contributed by atoms with Gasteiger partial charge in [-0.3, -0.25) is 4.79 Å². The van der Waals surface area contributed by atoms with Gasteiger partial charge in [0.25, 0.3) is 5.91 Å². The van der Waals surface area contributed by atoms with E-state index in [0.29, 0.717) is 0 Å². The van der Waals surface area contributed by atoms with Crippen molar-refractivity contribution in [1.29, 1.82) is 0 Å². The predicted molar refractivity (Wildman–Crippen MR) is 69.0 cm³/mol. The van der Waals surface area contributed by atoms with Gasteiger partial charge < -0.3 is 15.2 Å². The molecular formula is C14H16FNO3. The minimum Gasteiger partial charge on any atom is -0.481 e. The van der Waals surface area contributed by atoms with Crippen LogP contribution in [0.3, 0.4) is 0 Å². The van der Waals surface area contributed by atoms with Gasteiger partial charge in [-0.05, 0) is 32.0 Å². The lowest BCUT2D eigenvalue weighted by Gasteiger charge is -2.18. The van der Waals surface area contributed by atoms with E-state index >= 15 is 0 Å². The minimum atomic E-state index is -0.897. The maximum absolute atomic E-state index is 13.1. The van der Waals surface area contributed by atoms with Crippen molar-refractivity contribution in [1.82, 2.24) is 5.32 Å². The van der Waals surface area contributed by atoms with E-state index < -0.39 is 18.0 Å². The molecule has 2 atom stereocenters. The second-order valence-corrected chi connectivity index (χ2v) is 4.04. The Morgan fingerprint density at radius 3 is 2.84 bits per heavy atom. The normalized spacial score (nSPS) is 13.2. The van der Waals surface area contributed by atoms with E-state index in [2.05, 4.69) is 11.2 Å². The number of halogens is 1. The van der Waals surface area contributed by atoms with Crippen LogP contribution in [0.2, 0.25) is 0 Å². The highest BCUT2D eigenvalue weighted by Crippen LogP contribution is 2.26. The minimum absolute atomic E-state index is 0.110. The summed E-state index contributed by atoms with van der Waals surface area (Å²) in [5.74, 6) is 1.69. The molecule has 1 aromatic rings. The average Bonchev–Trinajstić information content (AvgIpc) is 2.37. The van der Waals surface area contributed by atoms with E-state index in [9.17, 15) is 14.3 Å². The van der Waals surface area contributed by atoms with E-state index in [-0.39, 0.29) is 23.8 Å². The Morgan fingerprint density at radius 2 is 2.26 bits per heavy atom. The molecule has 0 spiro atoms. The van der Waals surface area contributed by atoms with Crippen LogP contribution < -0.4 is 10.1 Å². The number of hydrogen-bond acceptors (Lipinski definition) is 3. The Labute approximate surface area is 111 Å². The van der Waals surface area contributed by atoms with E-state index in [0.717, 1.165) is 0 Å². The average molecular weight is 265 g/mol. The molecule has 0 saturated carbocycles. The van der Waals surface area contributed by atoms with Gasteiger partial charge >= 0.3 is 0 Å². The van der Waals surface area contributed by atoms with Gasteiger partial charge in [-0.2, -0.15) is 0 Å². The number of amides is 1. The summed E-state index contributed by atoms with van der Waals surface area (Å²) in [6, 6.07) is 3.75. The number of ether oxygens (including phenoxy) is 1. The Kier molecular flexibility index (Phi) is 5.34. The Bertz CT molecular complexity index is 494. The van der Waals surface area contributed by atoms with Crippen LogP contribution >= 0.6 is 0 Å². The predicted octanol–water partition coefficient (Wildman–Crippen LogP) is 1.40. The standard InChI is InChI=1S/C14H16FNO3/c1-4-7-16-14(18)10(3)19-13-6-5-11(15)8-12(13)9(2)17/h1,5-6,8-10,17H,7H2,2-3H3,(H,16,18). The Hall–Kier alpha value is -2.06. The summed E-state index contributed by atoms with van der Waals surface area (Å²) in [4.78, 5) is 11.6. The summed E-state index contributed by atoms with van der Waals surface area (Å²) in [6.45, 7) is 3.14. The van der Waals surface area contributed by atoms with Crippen LogP contribution in [0.15, 0.2) is 18.2 Å². The van der Waals surface area contributed by atoms with Crippen LogP contribution in [-0.2, 0) is 4.79 Å². The van der Waals surface area contributed by atoms with Crippen molar-refractivity contribution < 1.29 is 19.0 Å². The third-order valence-corrected chi connectivity index (χ3v) is 2.46. The first-order valence-corrected chi connectivity index (χ1v) is 5.81. The molecule has 2 N–H and O–H groups in total. The number of nitrogens with one attached hydrogen (secondary N) is 1. The van der Waals surface area contributed by atoms with Crippen LogP contribution in [0.1, 0.15) is 25.5 Å². The van der Waals surface area contributed by atoms with Crippen molar-refractivity contribution in [3.63, 3.8) is 0 Å². The van der Waals surface area contributed by atoms with Gasteiger partial charge in [0, 0.05) is 5.56 Å². The molecule has 1 amide bonds. The molecule has 0 radical (unpaired) electrons. The number of aliphatic hydroxyl groups is 1. The summed E-state index contributed by atoms with van der Waals surface area (Å²) in [5.41, 5.74) is 0.289. The number of benzene rings is 1. The fourth-order valence-electron chi connectivity index (χ4n) is 1.48. The molecule has 2 unspecified atom stereocenters. The SMILES string of the molecule is C#CCNC(=O)C(C)Oc1ccc(F)cc1C(C)O. The zero-order chi connectivity index (χ0) is 14.4. The first-order chi connectivity index (χ1) is 8.95. The summed E-state index contributed by atoms with van der Waals surface area (Å²) < 4.78 is 18.5. The fraction of sp³-hybridized carbons (Fsp3) is 0.357. The molecule has 1 aromatic carbocycles. The first kappa shape index (κ1) is 15.0. The smallest absolute Gasteiger partial charge is 0.261 e. The molecule has 5 heteroatoms. The van der Waals surface area contributed by atoms with Crippen LogP contribution in [0.5, 0.6) is 5.75 Å². The largest absolute Gasteiger partial charge is 0.481 e. The van der Waals surface area contributed by atoms with Gasteiger partial charge in [0.15, 0.2) is 6.10 Å². The highest BCUT2D eigenvalue weighted by molar-refractivity contribution is 5.80. The van der Waals surface area contributed by atoms with Crippen LogP contribution in [0.25, 0.3) is 0 Å². The summed E-state index contributed by atoms with van der Waals surface area (Å²) >= 11 is 0. The van der Waals surface area contributed by atoms with E-state index in [1.54, 1.807) is 6.92 Å². The first-order valence-electron chi connectivity index (χ1n) is 5.81. The van der Waals surface area contributed by atoms with Crippen molar-refractivity contribution in [2.24, 2.45) is 0 Å². The summed E-state index contributed by atoms with van der Waals surface area (Å²) in [5, 5.41) is 12.0. The maximum atomic E-state index is 13.1. The second-order valence-electron chi connectivity index (χ2n) is 4.04. The number of aliphatic hydroxyl groups excluding tert-OH is 1. The van der Waals surface area contributed by atoms with Gasteiger partial charge in [0.05, 0.1) is 12.6 Å². The topological polar surface area (TPSA) is 58.6 Å². The van der Waals surface area contributed by atoms with E-state index in [1.807, 2.05) is 0 Å². The van der Waals surface area contributed by atoms with Gasteiger partial charge in [0.1, 0.15) is 11.6 Å². The fourth-order valence-corrected chi connectivity index (χ4v) is 1.48. The molecule has 102 valence electrons. The highest BCUT2D eigenvalue weighted by atomic mass is 19.1. The van der Waals surface area contributed by atoms with Gasteiger partial charge in [0.2, 0.25) is 0 Å². The second kappa shape index (κ2) is 6.76. The van der Waals surface area contributed by atoms with E-state index in [1.165, 1.54) is 25.1 Å². The van der Waals surface area contributed by atoms with Crippen LogP contribution in [-0.4, -0.2) is 23.7 Å². The molecule has 0 aliphatic heterocycles. The lowest BCUT2D eigenvalue weighted by molar-refractivity contribution is -0.127. The van der Waals surface area contributed by atoms with Crippen molar-refractivity contribution in [2.75, 3.05) is 6.54 Å². The molecule has 0 aliphatic carbocycles. The molecule has 0 fully saturated rings. The molecular weight excluding hydrogens is 249 g/mol. The van der Waals surface area contributed by atoms with E-state index in [4.69, 9.17) is 11.2 Å². The van der Waals surface area contributed by atoms with Crippen LogP contribution in [0, 0.1) is 18.2 Å². The zero-order valence-corrected chi connectivity index (χ0v) is 10.8. The molecule has 19 heavy (non-hydrogen) atoms. The van der Waals surface area contributed by atoms with Crippen molar-refractivity contribution in [2.45, 2.75) is 26.1 Å². The lowest BCUT2D eigenvalue weighted by atomic mass is 10.1.